The first-order valence-electron chi connectivity index (χ1n) is 10.8. The van der Waals surface area contributed by atoms with Crippen LogP contribution in [-0.2, 0) is 31.9 Å². The maximum Gasteiger partial charge on any atom is 1.00 e. The summed E-state index contributed by atoms with van der Waals surface area (Å²) in [6.07, 6.45) is 3.75. The molecule has 3 aliphatic rings. The van der Waals surface area contributed by atoms with Crippen LogP contribution in [0.15, 0.2) is 12.1 Å². The summed E-state index contributed by atoms with van der Waals surface area (Å²) in [6.45, 7) is 10.4. The molecule has 5 heteroatoms. The molecule has 0 amide bonds. The zero-order chi connectivity index (χ0) is 20.2. The van der Waals surface area contributed by atoms with Crippen molar-refractivity contribution in [2.45, 2.75) is 90.6 Å². The van der Waals surface area contributed by atoms with Gasteiger partial charge >= 0.3 is 29.6 Å². The third-order valence-electron chi connectivity index (χ3n) is 6.89. The van der Waals surface area contributed by atoms with Crippen LogP contribution >= 0.6 is 0 Å². The van der Waals surface area contributed by atoms with Gasteiger partial charge in [-0.3, -0.25) is 9.59 Å². The van der Waals surface area contributed by atoms with E-state index < -0.39 is 11.7 Å². The quantitative estimate of drug-likeness (QED) is 0.560. The van der Waals surface area contributed by atoms with Crippen molar-refractivity contribution >= 4 is 11.6 Å². The fourth-order valence-electron chi connectivity index (χ4n) is 5.91. The molecular formula is C24H32NaO4+. The number of benzene rings is 1. The van der Waals surface area contributed by atoms with E-state index in [4.69, 9.17) is 9.47 Å². The Morgan fingerprint density at radius 1 is 0.931 bits per heavy atom. The molecule has 3 unspecified atom stereocenters. The minimum atomic E-state index is -0.753. The topological polar surface area (TPSA) is 52.6 Å². The van der Waals surface area contributed by atoms with Gasteiger partial charge < -0.3 is 9.47 Å². The Morgan fingerprint density at radius 2 is 1.38 bits per heavy atom. The molecule has 0 N–H and O–H groups in total. The van der Waals surface area contributed by atoms with Gasteiger partial charge in [-0.1, -0.05) is 31.5 Å². The van der Waals surface area contributed by atoms with Gasteiger partial charge in [-0.05, 0) is 56.7 Å². The minimum absolute atomic E-state index is 0. The summed E-state index contributed by atoms with van der Waals surface area (Å²) in [6, 6.07) is 4.28. The van der Waals surface area contributed by atoms with E-state index in [1.165, 1.54) is 5.56 Å². The molecule has 1 saturated heterocycles. The number of ether oxygens (including phenoxy) is 2. The Labute approximate surface area is 196 Å². The van der Waals surface area contributed by atoms with Crippen LogP contribution in [-0.4, -0.2) is 29.6 Å². The molecule has 1 aromatic rings. The van der Waals surface area contributed by atoms with Gasteiger partial charge in [-0.2, -0.15) is 0 Å². The maximum absolute atomic E-state index is 13.5. The van der Waals surface area contributed by atoms with Crippen molar-refractivity contribution in [3.05, 3.63) is 34.4 Å². The molecule has 1 aliphatic heterocycles. The van der Waals surface area contributed by atoms with E-state index in [0.717, 1.165) is 36.0 Å². The van der Waals surface area contributed by atoms with E-state index >= 15 is 0 Å². The molecule has 4 nitrogen and oxygen atoms in total. The normalized spacial score (nSPS) is 36.4. The minimum Gasteiger partial charge on any atom is -0.347 e. The molecule has 2 saturated carbocycles. The second-order valence-electron chi connectivity index (χ2n) is 9.07. The summed E-state index contributed by atoms with van der Waals surface area (Å²) in [7, 11) is 0. The van der Waals surface area contributed by atoms with Gasteiger partial charge in [0, 0.05) is 24.7 Å². The molecule has 2 aliphatic carbocycles. The monoisotopic (exact) mass is 407 g/mol. The summed E-state index contributed by atoms with van der Waals surface area (Å²) in [5.74, 6) is -1.74. The van der Waals surface area contributed by atoms with Gasteiger partial charge in [0.2, 0.25) is 0 Å². The number of carbonyl (C=O) groups is 2. The number of hydrogen-bond donors (Lipinski definition) is 0. The van der Waals surface area contributed by atoms with E-state index in [-0.39, 0.29) is 65.2 Å². The molecule has 1 spiro atoms. The third kappa shape index (κ3) is 3.92. The van der Waals surface area contributed by atoms with Crippen molar-refractivity contribution in [3.8, 4) is 0 Å². The summed E-state index contributed by atoms with van der Waals surface area (Å²) in [4.78, 5) is 27.0. The molecule has 1 heterocycles. The molecule has 152 valence electrons. The second-order valence-corrected chi connectivity index (χ2v) is 9.07. The number of carbonyl (C=O) groups excluding carboxylic acids is 2. The van der Waals surface area contributed by atoms with E-state index in [2.05, 4.69) is 46.8 Å². The van der Waals surface area contributed by atoms with Crippen LogP contribution in [0.4, 0.5) is 0 Å². The Hall–Kier alpha value is -0.520. The third-order valence-corrected chi connectivity index (χ3v) is 6.89. The SMILES string of the molecule is CCc1cc(C)cc(CC)c1C1C(=O)[C@H]2CC3(C[C@H]2C1=O)OC(C)CC(C)O3.[Na+]. The van der Waals surface area contributed by atoms with E-state index in [1.54, 1.807) is 0 Å². The smallest absolute Gasteiger partial charge is 0.347 e. The molecule has 0 radical (unpaired) electrons. The number of fused-ring (bicyclic) bond motifs is 1. The number of hydrogen-bond acceptors (Lipinski definition) is 4. The number of Topliss-reactive ketones (excluding diaryl/α,β-unsaturated/α-hetero) is 2. The number of ketones is 2. The van der Waals surface area contributed by atoms with Gasteiger partial charge in [0.25, 0.3) is 0 Å². The summed E-state index contributed by atoms with van der Waals surface area (Å²) in [5.41, 5.74) is 4.47. The van der Waals surface area contributed by atoms with E-state index in [9.17, 15) is 9.59 Å². The largest absolute Gasteiger partial charge is 1.00 e. The van der Waals surface area contributed by atoms with Gasteiger partial charge in [-0.25, -0.2) is 0 Å². The van der Waals surface area contributed by atoms with Gasteiger partial charge in [0.1, 0.15) is 5.92 Å². The Kier molecular flexibility index (Phi) is 6.82. The van der Waals surface area contributed by atoms with Crippen LogP contribution in [0.2, 0.25) is 0 Å². The molecule has 5 atom stereocenters. The molecule has 4 rings (SSSR count). The first-order valence-corrected chi connectivity index (χ1v) is 10.8. The fraction of sp³-hybridized carbons (Fsp3) is 0.667. The second kappa shape index (κ2) is 8.55. The Balaban J connectivity index is 0.00000240. The van der Waals surface area contributed by atoms with Crippen LogP contribution in [0.5, 0.6) is 0 Å². The molecule has 0 bridgehead atoms. The van der Waals surface area contributed by atoms with Gasteiger partial charge in [0.15, 0.2) is 17.4 Å². The van der Waals surface area contributed by atoms with Crippen molar-refractivity contribution in [1.82, 2.24) is 0 Å². The van der Waals surface area contributed by atoms with E-state index in [1.807, 2.05) is 0 Å². The van der Waals surface area contributed by atoms with Crippen molar-refractivity contribution < 1.29 is 48.6 Å². The maximum atomic E-state index is 13.5. The first kappa shape index (κ1) is 23.1. The standard InChI is InChI=1S/C24H32O4.Na/c1-6-16-8-13(3)9-17(7-2)20(16)21-22(25)18-11-24(12-19(18)23(21)26)27-14(4)10-15(5)28-24;/h8-9,14-15,18-19,21H,6-7,10-12H2,1-5H3;/q;+1/t14?,15?,18-,19+,21?,24?;. The predicted octanol–water partition coefficient (Wildman–Crippen LogP) is 1.30. The first-order chi connectivity index (χ1) is 13.3. The van der Waals surface area contributed by atoms with E-state index in [0.29, 0.717) is 12.8 Å². The molecule has 29 heavy (non-hydrogen) atoms. The van der Waals surface area contributed by atoms with Gasteiger partial charge in [-0.15, -0.1) is 0 Å². The number of rotatable bonds is 3. The average Bonchev–Trinajstić information content (AvgIpc) is 3.08. The Morgan fingerprint density at radius 3 is 1.79 bits per heavy atom. The van der Waals surface area contributed by atoms with Crippen molar-refractivity contribution in [3.63, 3.8) is 0 Å². The van der Waals surface area contributed by atoms with Gasteiger partial charge in [0.05, 0.1) is 12.2 Å². The molecular weight excluding hydrogens is 375 g/mol. The van der Waals surface area contributed by atoms with Crippen molar-refractivity contribution in [1.29, 1.82) is 0 Å². The molecule has 0 aromatic heterocycles. The zero-order valence-electron chi connectivity index (χ0n) is 18.7. The summed E-state index contributed by atoms with van der Waals surface area (Å²) >= 11 is 0. The Bertz CT molecular complexity index is 756. The van der Waals surface area contributed by atoms with Crippen LogP contribution in [0.3, 0.4) is 0 Å². The summed E-state index contributed by atoms with van der Waals surface area (Å²) in [5, 5.41) is 0. The van der Waals surface area contributed by atoms with Crippen molar-refractivity contribution in [2.24, 2.45) is 11.8 Å². The van der Waals surface area contributed by atoms with Crippen LogP contribution in [0.1, 0.15) is 75.1 Å². The molecule has 3 fully saturated rings. The predicted molar refractivity (Wildman–Crippen MR) is 107 cm³/mol. The summed E-state index contributed by atoms with van der Waals surface area (Å²) < 4.78 is 12.3. The average molecular weight is 408 g/mol. The van der Waals surface area contributed by atoms with Crippen LogP contribution < -0.4 is 29.6 Å². The van der Waals surface area contributed by atoms with Crippen LogP contribution in [0.25, 0.3) is 0 Å². The molecule has 1 aromatic carbocycles. The van der Waals surface area contributed by atoms with Crippen LogP contribution in [0, 0.1) is 18.8 Å². The van der Waals surface area contributed by atoms with Crippen molar-refractivity contribution in [2.75, 3.05) is 0 Å². The zero-order valence-corrected chi connectivity index (χ0v) is 20.7. The number of aryl methyl sites for hydroxylation is 3. The fourth-order valence-corrected chi connectivity index (χ4v) is 5.91.